The largest absolute Gasteiger partial charge is 0.367 e. The number of likely N-dealkylation sites (tertiary alicyclic amines) is 1. The summed E-state index contributed by atoms with van der Waals surface area (Å²) in [5.74, 6) is 1.22. The van der Waals surface area contributed by atoms with E-state index < -0.39 is 0 Å². The lowest BCUT2D eigenvalue weighted by atomic mass is 10.1. The molecule has 1 saturated carbocycles. The maximum Gasteiger partial charge on any atom is 0.225 e. The molecule has 1 atom stereocenters. The van der Waals surface area contributed by atoms with Crippen LogP contribution in [0.1, 0.15) is 57.9 Å². The smallest absolute Gasteiger partial charge is 0.225 e. The molecule has 1 amide bonds. The molecule has 1 aliphatic carbocycles. The van der Waals surface area contributed by atoms with Gasteiger partial charge in [0, 0.05) is 37.3 Å². The number of halogens is 1. The summed E-state index contributed by atoms with van der Waals surface area (Å²) in [6.45, 7) is 7.05. The zero-order chi connectivity index (χ0) is 19.4. The Morgan fingerprint density at radius 1 is 1.33 bits per heavy atom. The first kappa shape index (κ1) is 20.0. The number of benzene rings is 1. The second kappa shape index (κ2) is 8.97. The standard InChI is InChI=1S/C22H30ClN3O/c1-16(2)9-12-26(19-8-7-18(14-24)21(23)13-19)20-10-11-25(15-20)22(27)17-5-3-4-6-17/h7-8,13,16-17,20H,3-6,9-12,15H2,1-2H3. The maximum atomic E-state index is 12.8. The van der Waals surface area contributed by atoms with E-state index in [1.807, 2.05) is 12.1 Å². The molecule has 27 heavy (non-hydrogen) atoms. The molecular formula is C22H30ClN3O. The number of rotatable bonds is 6. The van der Waals surface area contributed by atoms with Crippen LogP contribution in [0.4, 0.5) is 5.69 Å². The van der Waals surface area contributed by atoms with E-state index in [0.29, 0.717) is 28.5 Å². The fraction of sp³-hybridized carbons (Fsp3) is 0.636. The molecule has 2 fully saturated rings. The van der Waals surface area contributed by atoms with Crippen molar-refractivity contribution in [2.45, 2.75) is 58.4 Å². The number of nitrogens with zero attached hydrogens (tertiary/aromatic N) is 3. The molecule has 1 aromatic carbocycles. The zero-order valence-electron chi connectivity index (χ0n) is 16.5. The van der Waals surface area contributed by atoms with Crippen LogP contribution in [0.2, 0.25) is 5.02 Å². The van der Waals surface area contributed by atoms with Gasteiger partial charge in [-0.05, 0) is 49.8 Å². The highest BCUT2D eigenvalue weighted by Crippen LogP contribution is 2.31. The molecule has 1 saturated heterocycles. The summed E-state index contributed by atoms with van der Waals surface area (Å²) in [7, 11) is 0. The Hall–Kier alpha value is -1.73. The molecule has 3 rings (SSSR count). The van der Waals surface area contributed by atoms with E-state index in [9.17, 15) is 4.79 Å². The maximum absolute atomic E-state index is 12.8. The third-order valence-electron chi connectivity index (χ3n) is 5.97. The monoisotopic (exact) mass is 387 g/mol. The van der Waals surface area contributed by atoms with Gasteiger partial charge in [0.1, 0.15) is 6.07 Å². The fourth-order valence-electron chi connectivity index (χ4n) is 4.32. The van der Waals surface area contributed by atoms with Gasteiger partial charge in [-0.25, -0.2) is 0 Å². The Bertz CT molecular complexity index is 706. The van der Waals surface area contributed by atoms with Crippen molar-refractivity contribution < 1.29 is 4.79 Å². The lowest BCUT2D eigenvalue weighted by Gasteiger charge is -2.32. The van der Waals surface area contributed by atoms with E-state index in [2.05, 4.69) is 29.7 Å². The van der Waals surface area contributed by atoms with Gasteiger partial charge in [-0.15, -0.1) is 0 Å². The topological polar surface area (TPSA) is 47.3 Å². The quantitative estimate of drug-likeness (QED) is 0.700. The van der Waals surface area contributed by atoms with Crippen molar-refractivity contribution in [1.29, 1.82) is 5.26 Å². The van der Waals surface area contributed by atoms with Crippen LogP contribution in [0.15, 0.2) is 18.2 Å². The van der Waals surface area contributed by atoms with Gasteiger partial charge < -0.3 is 9.80 Å². The average Bonchev–Trinajstić information content (AvgIpc) is 3.33. The van der Waals surface area contributed by atoms with E-state index in [0.717, 1.165) is 51.0 Å². The number of amides is 1. The normalized spacial score (nSPS) is 20.3. The molecule has 146 valence electrons. The van der Waals surface area contributed by atoms with E-state index in [1.54, 1.807) is 6.07 Å². The highest BCUT2D eigenvalue weighted by atomic mass is 35.5. The first-order valence-electron chi connectivity index (χ1n) is 10.2. The molecule has 0 spiro atoms. The minimum Gasteiger partial charge on any atom is -0.367 e. The van der Waals surface area contributed by atoms with E-state index in [-0.39, 0.29) is 5.92 Å². The van der Waals surface area contributed by atoms with Crippen LogP contribution >= 0.6 is 11.6 Å². The van der Waals surface area contributed by atoms with Gasteiger partial charge in [-0.2, -0.15) is 5.26 Å². The number of nitriles is 1. The highest BCUT2D eigenvalue weighted by Gasteiger charge is 2.34. The van der Waals surface area contributed by atoms with Crippen molar-refractivity contribution in [2.75, 3.05) is 24.5 Å². The van der Waals surface area contributed by atoms with Crippen molar-refractivity contribution in [1.82, 2.24) is 4.90 Å². The number of hydrogen-bond donors (Lipinski definition) is 0. The Kier molecular flexibility index (Phi) is 6.65. The first-order valence-corrected chi connectivity index (χ1v) is 10.6. The van der Waals surface area contributed by atoms with Crippen molar-refractivity contribution in [3.8, 4) is 6.07 Å². The molecule has 0 radical (unpaired) electrons. The number of carbonyl (C=O) groups excluding carboxylic acids is 1. The minimum absolute atomic E-state index is 0.247. The lowest BCUT2D eigenvalue weighted by Crippen LogP contribution is -2.41. The summed E-state index contributed by atoms with van der Waals surface area (Å²) in [5, 5.41) is 9.64. The van der Waals surface area contributed by atoms with Crippen LogP contribution in [0.5, 0.6) is 0 Å². The molecule has 1 aromatic rings. The zero-order valence-corrected chi connectivity index (χ0v) is 17.2. The highest BCUT2D eigenvalue weighted by molar-refractivity contribution is 6.32. The van der Waals surface area contributed by atoms with Crippen LogP contribution in [0.25, 0.3) is 0 Å². The first-order chi connectivity index (χ1) is 13.0. The molecular weight excluding hydrogens is 358 g/mol. The summed E-state index contributed by atoms with van der Waals surface area (Å²) < 4.78 is 0. The Balaban J connectivity index is 1.74. The summed E-state index contributed by atoms with van der Waals surface area (Å²) >= 11 is 6.29. The predicted molar refractivity (Wildman–Crippen MR) is 110 cm³/mol. The van der Waals surface area contributed by atoms with Crippen molar-refractivity contribution >= 4 is 23.2 Å². The van der Waals surface area contributed by atoms with Gasteiger partial charge in [0.15, 0.2) is 0 Å². The minimum atomic E-state index is 0.247. The fourth-order valence-corrected chi connectivity index (χ4v) is 4.54. The van der Waals surface area contributed by atoms with Crippen LogP contribution in [-0.4, -0.2) is 36.5 Å². The van der Waals surface area contributed by atoms with Crippen LogP contribution in [0, 0.1) is 23.2 Å². The number of carbonyl (C=O) groups is 1. The average molecular weight is 388 g/mol. The molecule has 2 aliphatic rings. The molecule has 0 aromatic heterocycles. The van der Waals surface area contributed by atoms with Gasteiger partial charge in [0.05, 0.1) is 10.6 Å². The third kappa shape index (κ3) is 4.76. The SMILES string of the molecule is CC(C)CCN(c1ccc(C#N)c(Cl)c1)C1CCN(C(=O)C2CCCC2)C1. The Morgan fingerprint density at radius 2 is 2.07 bits per heavy atom. The second-order valence-electron chi connectivity index (χ2n) is 8.36. The van der Waals surface area contributed by atoms with Crippen LogP contribution in [0.3, 0.4) is 0 Å². The van der Waals surface area contributed by atoms with Gasteiger partial charge in [0.2, 0.25) is 5.91 Å². The van der Waals surface area contributed by atoms with Gasteiger partial charge in [-0.1, -0.05) is 38.3 Å². The molecule has 5 heteroatoms. The van der Waals surface area contributed by atoms with Crippen molar-refractivity contribution in [3.63, 3.8) is 0 Å². The van der Waals surface area contributed by atoms with Crippen molar-refractivity contribution in [2.24, 2.45) is 11.8 Å². The predicted octanol–water partition coefficient (Wildman–Crippen LogP) is 4.86. The third-order valence-corrected chi connectivity index (χ3v) is 6.29. The van der Waals surface area contributed by atoms with Gasteiger partial charge in [-0.3, -0.25) is 4.79 Å². The molecule has 4 nitrogen and oxygen atoms in total. The van der Waals surface area contributed by atoms with Gasteiger partial charge in [0.25, 0.3) is 0 Å². The summed E-state index contributed by atoms with van der Waals surface area (Å²) in [4.78, 5) is 17.3. The summed E-state index contributed by atoms with van der Waals surface area (Å²) in [5.41, 5.74) is 1.56. The lowest BCUT2D eigenvalue weighted by molar-refractivity contribution is -0.134. The summed E-state index contributed by atoms with van der Waals surface area (Å²) in [6.07, 6.45) is 6.58. The van der Waals surface area contributed by atoms with Crippen molar-refractivity contribution in [3.05, 3.63) is 28.8 Å². The number of anilines is 1. The second-order valence-corrected chi connectivity index (χ2v) is 8.77. The van der Waals surface area contributed by atoms with Crippen LogP contribution < -0.4 is 4.90 Å². The Labute approximate surface area is 168 Å². The van der Waals surface area contributed by atoms with Crippen LogP contribution in [-0.2, 0) is 4.79 Å². The molecule has 0 N–H and O–H groups in total. The molecule has 1 heterocycles. The number of hydrogen-bond acceptors (Lipinski definition) is 3. The molecule has 1 unspecified atom stereocenters. The molecule has 1 aliphatic heterocycles. The Morgan fingerprint density at radius 3 is 2.70 bits per heavy atom. The van der Waals surface area contributed by atoms with E-state index >= 15 is 0 Å². The molecule has 0 bridgehead atoms. The van der Waals surface area contributed by atoms with E-state index in [1.165, 1.54) is 12.8 Å². The summed E-state index contributed by atoms with van der Waals surface area (Å²) in [6, 6.07) is 8.15. The van der Waals surface area contributed by atoms with E-state index in [4.69, 9.17) is 16.9 Å². The van der Waals surface area contributed by atoms with Gasteiger partial charge >= 0.3 is 0 Å².